The standard InChI is InChI=1S/C18H19NO2/c1-19-18(12-2-4-14-8-20-10-16(14)6-12)13-3-5-15-9-21-11-17(15)7-13/h2-7,18-19H,8-11H2,1H3. The van der Waals surface area contributed by atoms with Gasteiger partial charge in [0.1, 0.15) is 0 Å². The Morgan fingerprint density at radius 2 is 1.24 bits per heavy atom. The predicted octanol–water partition coefficient (Wildman–Crippen LogP) is 3.06. The lowest BCUT2D eigenvalue weighted by Gasteiger charge is -2.19. The Hall–Kier alpha value is -1.68. The van der Waals surface area contributed by atoms with E-state index in [1.807, 2.05) is 7.05 Å². The molecule has 2 aliphatic heterocycles. The minimum absolute atomic E-state index is 0.210. The zero-order valence-electron chi connectivity index (χ0n) is 12.2. The van der Waals surface area contributed by atoms with E-state index in [0.717, 1.165) is 26.4 Å². The fraction of sp³-hybridized carbons (Fsp3) is 0.333. The van der Waals surface area contributed by atoms with E-state index in [1.54, 1.807) is 0 Å². The second-order valence-electron chi connectivity index (χ2n) is 5.76. The number of hydrogen-bond donors (Lipinski definition) is 1. The monoisotopic (exact) mass is 281 g/mol. The normalized spacial score (nSPS) is 16.3. The van der Waals surface area contributed by atoms with Crippen molar-refractivity contribution in [2.45, 2.75) is 32.5 Å². The zero-order chi connectivity index (χ0) is 14.2. The minimum Gasteiger partial charge on any atom is -0.372 e. The lowest BCUT2D eigenvalue weighted by Crippen LogP contribution is -2.18. The third-order valence-corrected chi connectivity index (χ3v) is 4.45. The first kappa shape index (κ1) is 13.0. The second kappa shape index (κ2) is 5.26. The van der Waals surface area contributed by atoms with E-state index in [2.05, 4.69) is 41.7 Å². The maximum atomic E-state index is 5.51. The van der Waals surface area contributed by atoms with Gasteiger partial charge in [0.05, 0.1) is 32.5 Å². The molecule has 0 saturated carbocycles. The first-order valence-electron chi connectivity index (χ1n) is 7.41. The molecule has 21 heavy (non-hydrogen) atoms. The summed E-state index contributed by atoms with van der Waals surface area (Å²) in [6.45, 7) is 2.96. The molecule has 0 amide bonds. The van der Waals surface area contributed by atoms with Gasteiger partial charge in [-0.2, -0.15) is 0 Å². The van der Waals surface area contributed by atoms with Gasteiger partial charge in [-0.1, -0.05) is 36.4 Å². The average Bonchev–Trinajstić information content (AvgIpc) is 3.15. The molecule has 0 unspecified atom stereocenters. The highest BCUT2D eigenvalue weighted by atomic mass is 16.5. The molecule has 0 atom stereocenters. The van der Waals surface area contributed by atoms with Gasteiger partial charge < -0.3 is 14.8 Å². The fourth-order valence-electron chi connectivity index (χ4n) is 3.27. The average molecular weight is 281 g/mol. The van der Waals surface area contributed by atoms with Crippen molar-refractivity contribution in [2.75, 3.05) is 7.05 Å². The van der Waals surface area contributed by atoms with Crippen LogP contribution in [0.15, 0.2) is 36.4 Å². The van der Waals surface area contributed by atoms with E-state index in [-0.39, 0.29) is 6.04 Å². The topological polar surface area (TPSA) is 30.5 Å². The highest BCUT2D eigenvalue weighted by molar-refractivity contribution is 5.41. The molecule has 4 rings (SSSR count). The van der Waals surface area contributed by atoms with Crippen molar-refractivity contribution in [3.63, 3.8) is 0 Å². The lowest BCUT2D eigenvalue weighted by atomic mass is 9.94. The molecule has 2 aromatic carbocycles. The van der Waals surface area contributed by atoms with Crippen LogP contribution in [0.4, 0.5) is 0 Å². The van der Waals surface area contributed by atoms with Gasteiger partial charge in [0.15, 0.2) is 0 Å². The van der Waals surface area contributed by atoms with Crippen molar-refractivity contribution in [3.05, 3.63) is 69.8 Å². The van der Waals surface area contributed by atoms with Crippen molar-refractivity contribution in [2.24, 2.45) is 0 Å². The van der Waals surface area contributed by atoms with Crippen molar-refractivity contribution >= 4 is 0 Å². The van der Waals surface area contributed by atoms with Crippen LogP contribution in [0, 0.1) is 0 Å². The third kappa shape index (κ3) is 2.27. The van der Waals surface area contributed by atoms with Crippen molar-refractivity contribution in [1.82, 2.24) is 5.32 Å². The molecule has 3 nitrogen and oxygen atoms in total. The van der Waals surface area contributed by atoms with Gasteiger partial charge in [-0.3, -0.25) is 0 Å². The molecule has 2 heterocycles. The summed E-state index contributed by atoms with van der Waals surface area (Å²) in [6.07, 6.45) is 0. The number of ether oxygens (including phenoxy) is 2. The van der Waals surface area contributed by atoms with Crippen LogP contribution < -0.4 is 5.32 Å². The first-order valence-corrected chi connectivity index (χ1v) is 7.41. The highest BCUT2D eigenvalue weighted by Crippen LogP contribution is 2.30. The van der Waals surface area contributed by atoms with E-state index in [9.17, 15) is 0 Å². The van der Waals surface area contributed by atoms with Gasteiger partial charge in [-0.05, 0) is 40.4 Å². The van der Waals surface area contributed by atoms with Gasteiger partial charge in [-0.25, -0.2) is 0 Å². The lowest BCUT2D eigenvalue weighted by molar-refractivity contribution is 0.134. The summed E-state index contributed by atoms with van der Waals surface area (Å²) in [7, 11) is 2.01. The first-order chi connectivity index (χ1) is 10.3. The van der Waals surface area contributed by atoms with Gasteiger partial charge in [-0.15, -0.1) is 0 Å². The summed E-state index contributed by atoms with van der Waals surface area (Å²) in [4.78, 5) is 0. The largest absolute Gasteiger partial charge is 0.372 e. The number of rotatable bonds is 3. The second-order valence-corrected chi connectivity index (χ2v) is 5.76. The molecule has 108 valence electrons. The molecule has 2 aromatic rings. The molecule has 0 aromatic heterocycles. The van der Waals surface area contributed by atoms with Crippen LogP contribution in [0.1, 0.15) is 39.4 Å². The van der Waals surface area contributed by atoms with E-state index in [1.165, 1.54) is 33.4 Å². The van der Waals surface area contributed by atoms with E-state index < -0.39 is 0 Å². The maximum absolute atomic E-state index is 5.51. The molecule has 0 spiro atoms. The Kier molecular flexibility index (Phi) is 3.26. The van der Waals surface area contributed by atoms with E-state index in [4.69, 9.17) is 9.47 Å². The zero-order valence-corrected chi connectivity index (χ0v) is 12.2. The molecule has 0 aliphatic carbocycles. The molecule has 0 fully saturated rings. The highest BCUT2D eigenvalue weighted by Gasteiger charge is 2.19. The summed E-state index contributed by atoms with van der Waals surface area (Å²) in [6, 6.07) is 13.6. The number of hydrogen-bond acceptors (Lipinski definition) is 3. The van der Waals surface area contributed by atoms with Crippen LogP contribution in [0.2, 0.25) is 0 Å². The molecule has 1 N–H and O–H groups in total. The third-order valence-electron chi connectivity index (χ3n) is 4.45. The van der Waals surface area contributed by atoms with Gasteiger partial charge >= 0.3 is 0 Å². The quantitative estimate of drug-likeness (QED) is 0.938. The molecule has 0 radical (unpaired) electrons. The molecule has 0 saturated heterocycles. The minimum atomic E-state index is 0.210. The van der Waals surface area contributed by atoms with Gasteiger partial charge in [0, 0.05) is 0 Å². The van der Waals surface area contributed by atoms with Crippen LogP contribution in [-0.4, -0.2) is 7.05 Å². The summed E-state index contributed by atoms with van der Waals surface area (Å²) in [5.41, 5.74) is 7.85. The Morgan fingerprint density at radius 3 is 1.71 bits per heavy atom. The van der Waals surface area contributed by atoms with Gasteiger partial charge in [0.25, 0.3) is 0 Å². The van der Waals surface area contributed by atoms with Crippen LogP contribution >= 0.6 is 0 Å². The van der Waals surface area contributed by atoms with Crippen LogP contribution in [-0.2, 0) is 35.9 Å². The maximum Gasteiger partial charge on any atom is 0.0725 e. The predicted molar refractivity (Wildman–Crippen MR) is 80.8 cm³/mol. The molecular weight excluding hydrogens is 262 g/mol. The van der Waals surface area contributed by atoms with Crippen molar-refractivity contribution in [3.8, 4) is 0 Å². The molecule has 0 bridgehead atoms. The Labute approximate surface area is 124 Å². The van der Waals surface area contributed by atoms with E-state index >= 15 is 0 Å². The van der Waals surface area contributed by atoms with Gasteiger partial charge in [0.2, 0.25) is 0 Å². The Balaban J connectivity index is 1.71. The summed E-state index contributed by atoms with van der Waals surface area (Å²) in [5.74, 6) is 0. The van der Waals surface area contributed by atoms with Crippen molar-refractivity contribution in [1.29, 1.82) is 0 Å². The number of fused-ring (bicyclic) bond motifs is 2. The summed E-state index contributed by atoms with van der Waals surface area (Å²) >= 11 is 0. The van der Waals surface area contributed by atoms with Crippen LogP contribution in [0.5, 0.6) is 0 Å². The Morgan fingerprint density at radius 1 is 0.762 bits per heavy atom. The fourth-order valence-corrected chi connectivity index (χ4v) is 3.27. The van der Waals surface area contributed by atoms with E-state index in [0.29, 0.717) is 0 Å². The van der Waals surface area contributed by atoms with Crippen LogP contribution in [0.25, 0.3) is 0 Å². The summed E-state index contributed by atoms with van der Waals surface area (Å²) < 4.78 is 11.0. The smallest absolute Gasteiger partial charge is 0.0725 e. The summed E-state index contributed by atoms with van der Waals surface area (Å²) in [5, 5.41) is 3.44. The molecular formula is C18H19NO2. The molecule has 3 heteroatoms. The SMILES string of the molecule is CNC(c1ccc2c(c1)COC2)c1ccc2c(c1)COC2. The number of benzene rings is 2. The van der Waals surface area contributed by atoms with Crippen molar-refractivity contribution < 1.29 is 9.47 Å². The Bertz CT molecular complexity index is 623. The van der Waals surface area contributed by atoms with Crippen LogP contribution in [0.3, 0.4) is 0 Å². The number of nitrogens with one attached hydrogen (secondary N) is 1. The molecule has 2 aliphatic rings.